The molecule has 148 valence electrons. The Morgan fingerprint density at radius 1 is 1.25 bits per heavy atom. The summed E-state index contributed by atoms with van der Waals surface area (Å²) in [6, 6.07) is 8.26. The van der Waals surface area contributed by atoms with Crippen molar-refractivity contribution in [1.82, 2.24) is 9.97 Å². The van der Waals surface area contributed by atoms with Crippen molar-refractivity contribution < 1.29 is 0 Å². The molecule has 2 aromatic rings. The Morgan fingerprint density at radius 3 is 2.61 bits per heavy atom. The molecule has 1 aliphatic heterocycles. The van der Waals surface area contributed by atoms with Crippen molar-refractivity contribution in [1.29, 1.82) is 5.26 Å². The molecule has 0 bridgehead atoms. The second-order valence-corrected chi connectivity index (χ2v) is 7.55. The summed E-state index contributed by atoms with van der Waals surface area (Å²) in [5.74, 6) is 1.56. The maximum absolute atomic E-state index is 9.18. The molecule has 6 heteroatoms. The van der Waals surface area contributed by atoms with Crippen molar-refractivity contribution in [2.45, 2.75) is 65.6 Å². The van der Waals surface area contributed by atoms with E-state index >= 15 is 0 Å². The molecule has 1 aromatic carbocycles. The molecule has 1 N–H and O–H groups in total. The molecule has 0 aliphatic carbocycles. The zero-order valence-electron chi connectivity index (χ0n) is 17.5. The number of aryl methyl sites for hydroxylation is 1. The molecular weight excluding hydrogens is 348 g/mol. The lowest BCUT2D eigenvalue weighted by Gasteiger charge is -2.34. The van der Waals surface area contributed by atoms with Crippen LogP contribution >= 0.6 is 0 Å². The Kier molecular flexibility index (Phi) is 6.03. The zero-order valence-corrected chi connectivity index (χ0v) is 17.5. The van der Waals surface area contributed by atoms with Crippen LogP contribution in [0.1, 0.15) is 57.6 Å². The lowest BCUT2D eigenvalue weighted by atomic mass is 10.0. The molecule has 0 amide bonds. The second kappa shape index (κ2) is 8.47. The van der Waals surface area contributed by atoms with Gasteiger partial charge in [-0.3, -0.25) is 0 Å². The number of rotatable bonds is 7. The summed E-state index contributed by atoms with van der Waals surface area (Å²) in [5, 5.41) is 12.5. The average molecular weight is 379 g/mol. The Morgan fingerprint density at radius 2 is 1.96 bits per heavy atom. The van der Waals surface area contributed by atoms with Gasteiger partial charge in [0.2, 0.25) is 5.95 Å². The second-order valence-electron chi connectivity index (χ2n) is 7.55. The Labute approximate surface area is 168 Å². The number of hydrogen-bond donors (Lipinski definition) is 1. The molecule has 0 fully saturated rings. The first-order valence-electron chi connectivity index (χ1n) is 10.2. The van der Waals surface area contributed by atoms with Crippen LogP contribution in [-0.2, 0) is 0 Å². The predicted molar refractivity (Wildman–Crippen MR) is 115 cm³/mol. The first-order valence-corrected chi connectivity index (χ1v) is 10.2. The number of anilines is 4. The summed E-state index contributed by atoms with van der Waals surface area (Å²) >= 11 is 0. The highest BCUT2D eigenvalue weighted by Gasteiger charge is 2.36. The molecule has 1 aliphatic rings. The maximum Gasteiger partial charge on any atom is 0.229 e. The van der Waals surface area contributed by atoms with Crippen LogP contribution in [0.3, 0.4) is 0 Å². The van der Waals surface area contributed by atoms with E-state index in [1.165, 1.54) is 0 Å². The average Bonchev–Trinajstić information content (AvgIpc) is 2.93. The Balaban J connectivity index is 1.96. The molecule has 28 heavy (non-hydrogen) atoms. The van der Waals surface area contributed by atoms with Gasteiger partial charge >= 0.3 is 0 Å². The van der Waals surface area contributed by atoms with Gasteiger partial charge < -0.3 is 15.1 Å². The van der Waals surface area contributed by atoms with E-state index in [1.54, 1.807) is 0 Å². The van der Waals surface area contributed by atoms with Crippen LogP contribution in [0, 0.1) is 18.3 Å². The summed E-state index contributed by atoms with van der Waals surface area (Å²) < 4.78 is 0. The van der Waals surface area contributed by atoms with E-state index in [1.807, 2.05) is 31.3 Å². The van der Waals surface area contributed by atoms with Gasteiger partial charge in [-0.1, -0.05) is 32.8 Å². The highest BCUT2D eigenvalue weighted by Crippen LogP contribution is 2.40. The van der Waals surface area contributed by atoms with Gasteiger partial charge in [0.1, 0.15) is 11.9 Å². The fourth-order valence-corrected chi connectivity index (χ4v) is 3.94. The van der Waals surface area contributed by atoms with Crippen LogP contribution in [0.25, 0.3) is 0 Å². The van der Waals surface area contributed by atoms with Crippen LogP contribution in [0.5, 0.6) is 0 Å². The minimum Gasteiger partial charge on any atom is -0.350 e. The summed E-state index contributed by atoms with van der Waals surface area (Å²) in [7, 11) is 2.11. The number of nitrogens with one attached hydrogen (secondary N) is 1. The van der Waals surface area contributed by atoms with Crippen molar-refractivity contribution in [3.63, 3.8) is 0 Å². The van der Waals surface area contributed by atoms with Gasteiger partial charge in [-0.2, -0.15) is 10.2 Å². The predicted octanol–water partition coefficient (Wildman–Crippen LogP) is 4.97. The molecule has 0 saturated carbocycles. The van der Waals surface area contributed by atoms with Gasteiger partial charge in [-0.15, -0.1) is 0 Å². The summed E-state index contributed by atoms with van der Waals surface area (Å²) in [6.07, 6.45) is 6.78. The number of benzene rings is 1. The van der Waals surface area contributed by atoms with E-state index < -0.39 is 0 Å². The van der Waals surface area contributed by atoms with Gasteiger partial charge in [0.05, 0.1) is 17.8 Å². The third-order valence-corrected chi connectivity index (χ3v) is 5.59. The maximum atomic E-state index is 9.18. The smallest absolute Gasteiger partial charge is 0.229 e. The summed E-state index contributed by atoms with van der Waals surface area (Å²) in [4.78, 5) is 14.1. The van der Waals surface area contributed by atoms with Crippen molar-refractivity contribution in [2.24, 2.45) is 0 Å². The van der Waals surface area contributed by atoms with Crippen LogP contribution in [0.2, 0.25) is 0 Å². The first-order chi connectivity index (χ1) is 13.5. The van der Waals surface area contributed by atoms with Crippen molar-refractivity contribution in [3.05, 3.63) is 35.5 Å². The minimum atomic E-state index is 0.256. The Bertz CT molecular complexity index is 866. The number of aromatic nitrogens is 2. The largest absolute Gasteiger partial charge is 0.350 e. The minimum absolute atomic E-state index is 0.256. The van der Waals surface area contributed by atoms with Crippen LogP contribution < -0.4 is 15.1 Å². The van der Waals surface area contributed by atoms with Crippen LogP contribution in [-0.4, -0.2) is 29.2 Å². The van der Waals surface area contributed by atoms with E-state index in [4.69, 9.17) is 4.98 Å². The molecular formula is C22H30N6. The summed E-state index contributed by atoms with van der Waals surface area (Å²) in [5.41, 5.74) is 3.61. The highest BCUT2D eigenvalue weighted by molar-refractivity contribution is 5.75. The van der Waals surface area contributed by atoms with E-state index in [2.05, 4.69) is 54.0 Å². The van der Waals surface area contributed by atoms with Gasteiger partial charge in [0.15, 0.2) is 5.82 Å². The molecule has 1 atom stereocenters. The molecule has 2 heterocycles. The monoisotopic (exact) mass is 378 g/mol. The van der Waals surface area contributed by atoms with E-state index in [-0.39, 0.29) is 6.17 Å². The third-order valence-electron chi connectivity index (χ3n) is 5.59. The van der Waals surface area contributed by atoms with Crippen LogP contribution in [0.15, 0.2) is 24.4 Å². The number of fused-ring (bicyclic) bond motifs is 1. The number of nitrogens with zero attached hydrogens (tertiary/aromatic N) is 5. The quantitative estimate of drug-likeness (QED) is 0.733. The molecule has 1 aromatic heterocycles. The molecule has 0 radical (unpaired) electrons. The lowest BCUT2D eigenvalue weighted by Crippen LogP contribution is -2.45. The van der Waals surface area contributed by atoms with Gasteiger partial charge in [-0.25, -0.2) is 4.98 Å². The van der Waals surface area contributed by atoms with E-state index in [0.29, 0.717) is 17.6 Å². The lowest BCUT2D eigenvalue weighted by molar-refractivity contribution is 0.470. The number of nitriles is 1. The first kappa shape index (κ1) is 19.9. The fourth-order valence-electron chi connectivity index (χ4n) is 3.94. The number of hydrogen-bond acceptors (Lipinski definition) is 6. The normalized spacial score (nSPS) is 15.7. The third kappa shape index (κ3) is 3.75. The van der Waals surface area contributed by atoms with Gasteiger partial charge in [0, 0.05) is 18.8 Å². The van der Waals surface area contributed by atoms with Gasteiger partial charge in [0.25, 0.3) is 0 Å². The zero-order chi connectivity index (χ0) is 20.3. The van der Waals surface area contributed by atoms with Crippen molar-refractivity contribution >= 4 is 23.1 Å². The topological polar surface area (TPSA) is 68.1 Å². The summed E-state index contributed by atoms with van der Waals surface area (Å²) in [6.45, 7) is 8.73. The SMILES string of the molecule is CCCC(CCC)N1c2nc(Nc3cc(C#N)ccc3C)ncc2N(C)C1C. The molecule has 0 saturated heterocycles. The van der Waals surface area contributed by atoms with Crippen molar-refractivity contribution in [2.75, 3.05) is 22.2 Å². The Hall–Kier alpha value is -2.81. The van der Waals surface area contributed by atoms with E-state index in [9.17, 15) is 5.26 Å². The molecule has 1 unspecified atom stereocenters. The molecule has 3 rings (SSSR count). The van der Waals surface area contributed by atoms with Crippen molar-refractivity contribution in [3.8, 4) is 6.07 Å². The van der Waals surface area contributed by atoms with Crippen LogP contribution in [0.4, 0.5) is 23.1 Å². The molecule has 0 spiro atoms. The van der Waals surface area contributed by atoms with Gasteiger partial charge in [-0.05, 0) is 44.4 Å². The molecule has 6 nitrogen and oxygen atoms in total. The highest BCUT2D eigenvalue weighted by atomic mass is 15.4. The fraction of sp³-hybridized carbons (Fsp3) is 0.500. The van der Waals surface area contributed by atoms with E-state index in [0.717, 1.165) is 48.4 Å². The standard InChI is InChI=1S/C22H30N6/c1-6-8-18(9-7-2)28-16(4)27(5)20-14-24-22(26-21(20)28)25-19-12-17(13-23)11-10-15(19)3/h10-12,14,16,18H,6-9H2,1-5H3,(H,24,25,26).